The van der Waals surface area contributed by atoms with Crippen molar-refractivity contribution in [2.75, 3.05) is 0 Å². The van der Waals surface area contributed by atoms with Gasteiger partial charge in [-0.25, -0.2) is 9.97 Å². The van der Waals surface area contributed by atoms with E-state index in [1.165, 1.54) is 0 Å². The molecule has 0 bridgehead atoms. The van der Waals surface area contributed by atoms with Crippen molar-refractivity contribution in [2.45, 2.75) is 6.61 Å². The van der Waals surface area contributed by atoms with Gasteiger partial charge in [0.15, 0.2) is 5.82 Å². The first-order valence-electron chi connectivity index (χ1n) is 6.52. The first-order valence-corrected chi connectivity index (χ1v) is 6.52. The van der Waals surface area contributed by atoms with E-state index in [0.29, 0.717) is 17.0 Å². The molecule has 0 amide bonds. The van der Waals surface area contributed by atoms with Crippen molar-refractivity contribution in [1.82, 2.24) is 9.97 Å². The summed E-state index contributed by atoms with van der Waals surface area (Å²) in [5.74, 6) is 0.945. The van der Waals surface area contributed by atoms with E-state index >= 15 is 0 Å². The molecule has 0 aliphatic carbocycles. The van der Waals surface area contributed by atoms with Gasteiger partial charge in [0.05, 0.1) is 0 Å². The Hall–Kier alpha value is -2.44. The standard InChI is InChI=1S/C15H13BN2O3/c19-16(20)15-12-5-2-1-4-11(12)6-7-13(15)21-10-14-17-8-3-9-18-14/h1-9,19-20H,10H2. The molecule has 2 N–H and O–H groups in total. The van der Waals surface area contributed by atoms with E-state index < -0.39 is 7.12 Å². The van der Waals surface area contributed by atoms with E-state index in [1.54, 1.807) is 24.5 Å². The Balaban J connectivity index is 1.96. The summed E-state index contributed by atoms with van der Waals surface area (Å²) in [6.07, 6.45) is 3.27. The zero-order valence-corrected chi connectivity index (χ0v) is 11.2. The molecule has 0 saturated carbocycles. The molecule has 2 aromatic carbocycles. The van der Waals surface area contributed by atoms with Gasteiger partial charge in [0.25, 0.3) is 0 Å². The molecule has 0 fully saturated rings. The first-order chi connectivity index (χ1) is 10.3. The Morgan fingerprint density at radius 1 is 0.952 bits per heavy atom. The van der Waals surface area contributed by atoms with Crippen LogP contribution in [0.2, 0.25) is 0 Å². The van der Waals surface area contributed by atoms with Crippen molar-refractivity contribution in [1.29, 1.82) is 0 Å². The van der Waals surface area contributed by atoms with E-state index in [0.717, 1.165) is 10.8 Å². The van der Waals surface area contributed by atoms with E-state index in [2.05, 4.69) is 9.97 Å². The van der Waals surface area contributed by atoms with Crippen LogP contribution in [0.3, 0.4) is 0 Å². The Bertz CT molecular complexity index is 750. The van der Waals surface area contributed by atoms with Crippen LogP contribution < -0.4 is 10.2 Å². The van der Waals surface area contributed by atoms with Gasteiger partial charge in [-0.15, -0.1) is 0 Å². The van der Waals surface area contributed by atoms with Gasteiger partial charge >= 0.3 is 7.12 Å². The van der Waals surface area contributed by atoms with Gasteiger partial charge in [0.2, 0.25) is 0 Å². The molecule has 0 radical (unpaired) electrons. The fraction of sp³-hybridized carbons (Fsp3) is 0.0667. The summed E-state index contributed by atoms with van der Waals surface area (Å²) in [6.45, 7) is 0.166. The summed E-state index contributed by atoms with van der Waals surface area (Å²) in [7, 11) is -1.61. The lowest BCUT2D eigenvalue weighted by Crippen LogP contribution is -2.32. The molecule has 0 aliphatic heterocycles. The van der Waals surface area contributed by atoms with Crippen LogP contribution in [-0.4, -0.2) is 27.1 Å². The minimum absolute atomic E-state index is 0.166. The van der Waals surface area contributed by atoms with Crippen LogP contribution in [0.1, 0.15) is 5.82 Å². The summed E-state index contributed by atoms with van der Waals surface area (Å²) < 4.78 is 5.65. The van der Waals surface area contributed by atoms with Crippen LogP contribution in [0.25, 0.3) is 10.8 Å². The maximum Gasteiger partial charge on any atom is 0.492 e. The molecule has 1 aromatic heterocycles. The van der Waals surface area contributed by atoms with Crippen molar-refractivity contribution >= 4 is 23.4 Å². The lowest BCUT2D eigenvalue weighted by molar-refractivity contribution is 0.297. The summed E-state index contributed by atoms with van der Waals surface area (Å²) in [5, 5.41) is 21.0. The van der Waals surface area contributed by atoms with Crippen molar-refractivity contribution in [3.63, 3.8) is 0 Å². The highest BCUT2D eigenvalue weighted by molar-refractivity contribution is 6.63. The lowest BCUT2D eigenvalue weighted by atomic mass is 9.76. The summed E-state index contributed by atoms with van der Waals surface area (Å²) in [4.78, 5) is 8.14. The summed E-state index contributed by atoms with van der Waals surface area (Å²) in [5.41, 5.74) is 0.351. The highest BCUT2D eigenvalue weighted by Crippen LogP contribution is 2.19. The summed E-state index contributed by atoms with van der Waals surface area (Å²) in [6, 6.07) is 12.8. The number of hydrogen-bond acceptors (Lipinski definition) is 5. The molecular formula is C15H13BN2O3. The maximum atomic E-state index is 9.64. The number of ether oxygens (including phenoxy) is 1. The zero-order chi connectivity index (χ0) is 14.7. The van der Waals surface area contributed by atoms with Crippen molar-refractivity contribution in [3.8, 4) is 5.75 Å². The SMILES string of the molecule is OB(O)c1c(OCc2ncccn2)ccc2ccccc12. The van der Waals surface area contributed by atoms with Gasteiger partial charge in [-0.3, -0.25) is 0 Å². The predicted octanol–water partition coefficient (Wildman–Crippen LogP) is 0.889. The third-order valence-corrected chi connectivity index (χ3v) is 3.16. The zero-order valence-electron chi connectivity index (χ0n) is 11.2. The third-order valence-electron chi connectivity index (χ3n) is 3.16. The molecule has 0 spiro atoms. The van der Waals surface area contributed by atoms with Crippen LogP contribution in [0.4, 0.5) is 0 Å². The van der Waals surface area contributed by atoms with Gasteiger partial charge < -0.3 is 14.8 Å². The number of aromatic nitrogens is 2. The first kappa shape index (κ1) is 13.5. The minimum atomic E-state index is -1.61. The molecule has 21 heavy (non-hydrogen) atoms. The number of benzene rings is 2. The molecule has 0 atom stereocenters. The smallest absolute Gasteiger partial charge is 0.486 e. The number of hydrogen-bond donors (Lipinski definition) is 2. The van der Waals surface area contributed by atoms with Gasteiger partial charge in [0, 0.05) is 17.9 Å². The lowest BCUT2D eigenvalue weighted by Gasteiger charge is -2.13. The van der Waals surface area contributed by atoms with Crippen molar-refractivity contribution in [2.24, 2.45) is 0 Å². The van der Waals surface area contributed by atoms with Gasteiger partial charge in [-0.1, -0.05) is 30.3 Å². The van der Waals surface area contributed by atoms with Crippen LogP contribution in [-0.2, 0) is 6.61 Å². The number of nitrogens with zero attached hydrogens (tertiary/aromatic N) is 2. The second kappa shape index (κ2) is 5.91. The van der Waals surface area contributed by atoms with Crippen molar-refractivity contribution in [3.05, 3.63) is 60.7 Å². The average molecular weight is 280 g/mol. The Kier molecular flexibility index (Phi) is 3.81. The molecule has 0 unspecified atom stereocenters. The second-order valence-electron chi connectivity index (χ2n) is 4.53. The van der Waals surface area contributed by atoms with Crippen LogP contribution in [0.15, 0.2) is 54.9 Å². The summed E-state index contributed by atoms with van der Waals surface area (Å²) >= 11 is 0. The van der Waals surface area contributed by atoms with Crippen molar-refractivity contribution < 1.29 is 14.8 Å². The highest BCUT2D eigenvalue weighted by atomic mass is 16.5. The second-order valence-corrected chi connectivity index (χ2v) is 4.53. The topological polar surface area (TPSA) is 75.5 Å². The fourth-order valence-electron chi connectivity index (χ4n) is 2.21. The average Bonchev–Trinajstić information content (AvgIpc) is 2.53. The van der Waals surface area contributed by atoms with Gasteiger partial charge in [0.1, 0.15) is 12.4 Å². The fourth-order valence-corrected chi connectivity index (χ4v) is 2.21. The molecule has 0 saturated heterocycles. The molecule has 3 rings (SSSR count). The molecule has 6 heteroatoms. The molecule has 0 aliphatic rings. The quantitative estimate of drug-likeness (QED) is 0.694. The van der Waals surface area contributed by atoms with Crippen LogP contribution in [0.5, 0.6) is 5.75 Å². The van der Waals surface area contributed by atoms with Crippen LogP contribution >= 0.6 is 0 Å². The highest BCUT2D eigenvalue weighted by Gasteiger charge is 2.20. The molecule has 5 nitrogen and oxygen atoms in total. The number of rotatable bonds is 4. The molecular weight excluding hydrogens is 267 g/mol. The van der Waals surface area contributed by atoms with Gasteiger partial charge in [-0.2, -0.15) is 0 Å². The van der Waals surface area contributed by atoms with E-state index in [4.69, 9.17) is 4.74 Å². The van der Waals surface area contributed by atoms with Gasteiger partial charge in [-0.05, 0) is 22.9 Å². The maximum absolute atomic E-state index is 9.64. The third kappa shape index (κ3) is 2.86. The molecule has 3 aromatic rings. The van der Waals surface area contributed by atoms with E-state index in [9.17, 15) is 10.0 Å². The monoisotopic (exact) mass is 280 g/mol. The van der Waals surface area contributed by atoms with E-state index in [1.807, 2.05) is 30.3 Å². The van der Waals surface area contributed by atoms with E-state index in [-0.39, 0.29) is 6.61 Å². The number of fused-ring (bicyclic) bond motifs is 1. The Morgan fingerprint density at radius 2 is 1.71 bits per heavy atom. The van der Waals surface area contributed by atoms with Crippen LogP contribution in [0, 0.1) is 0 Å². The Morgan fingerprint density at radius 3 is 2.48 bits per heavy atom. The normalized spacial score (nSPS) is 10.6. The minimum Gasteiger partial charge on any atom is -0.486 e. The predicted molar refractivity (Wildman–Crippen MR) is 80.1 cm³/mol. The molecule has 104 valence electrons. The Labute approximate surface area is 122 Å². The molecule has 1 heterocycles. The largest absolute Gasteiger partial charge is 0.492 e.